The van der Waals surface area contributed by atoms with Crippen molar-refractivity contribution in [2.75, 3.05) is 0 Å². The number of aliphatic hydroxyl groups is 1. The number of rotatable bonds is 4. The monoisotopic (exact) mass is 764 g/mol. The van der Waals surface area contributed by atoms with E-state index in [9.17, 15) is 5.11 Å². The number of hydrogen-bond acceptors (Lipinski definition) is 3. The Hall–Kier alpha value is 2.76. The summed E-state index contributed by atoms with van der Waals surface area (Å²) in [4.78, 5) is 1.49. The summed E-state index contributed by atoms with van der Waals surface area (Å²) in [6.45, 7) is 0. The Morgan fingerprint density at radius 3 is 1.37 bits per heavy atom. The van der Waals surface area contributed by atoms with Gasteiger partial charge >= 0.3 is 0 Å². The van der Waals surface area contributed by atoms with Crippen molar-refractivity contribution in [2.45, 2.75) is 104 Å². The molecule has 3 rings (SSSR count). The first kappa shape index (κ1) is 24.4. The first-order valence-electron chi connectivity index (χ1n) is 9.59. The number of alkyl halides is 6. The van der Waals surface area contributed by atoms with Crippen LogP contribution < -0.4 is 0 Å². The third-order valence-corrected chi connectivity index (χ3v) is 11.4. The molecule has 0 heterocycles. The summed E-state index contributed by atoms with van der Waals surface area (Å²) in [5.74, 6) is 0. The van der Waals surface area contributed by atoms with E-state index in [0.29, 0.717) is 9.65 Å². The van der Waals surface area contributed by atoms with Gasteiger partial charge in [-0.2, -0.15) is 0 Å². The minimum absolute atomic E-state index is 0.0703. The topological polar surface area (TPSA) is 38.7 Å². The van der Waals surface area contributed by atoms with Gasteiger partial charge in [0.2, 0.25) is 0 Å². The largest absolute Gasteiger partial charge is 0.391 e. The van der Waals surface area contributed by atoms with Crippen LogP contribution in [-0.2, 0) is 9.47 Å². The fourth-order valence-electron chi connectivity index (χ4n) is 4.27. The molecular formula is C18H26Br6O3. The molecule has 0 aromatic carbocycles. The van der Waals surface area contributed by atoms with Gasteiger partial charge in [-0.15, -0.1) is 0 Å². The molecule has 0 aliphatic heterocycles. The number of aliphatic hydroxyl groups excluding tert-OH is 1. The van der Waals surface area contributed by atoms with Crippen molar-refractivity contribution >= 4 is 95.6 Å². The molecule has 0 amide bonds. The highest BCUT2D eigenvalue weighted by Crippen LogP contribution is 2.40. The molecule has 3 nitrogen and oxygen atoms in total. The average Bonchev–Trinajstić information content (AvgIpc) is 2.59. The van der Waals surface area contributed by atoms with Crippen molar-refractivity contribution in [2.24, 2.45) is 0 Å². The summed E-state index contributed by atoms with van der Waals surface area (Å²) in [6.07, 6.45) is 7.50. The first-order chi connectivity index (χ1) is 12.8. The van der Waals surface area contributed by atoms with Crippen LogP contribution in [0, 0.1) is 0 Å². The summed E-state index contributed by atoms with van der Waals surface area (Å²) in [5.41, 5.74) is 0. The van der Waals surface area contributed by atoms with E-state index in [2.05, 4.69) is 95.6 Å². The van der Waals surface area contributed by atoms with Crippen molar-refractivity contribution in [3.8, 4) is 0 Å². The van der Waals surface area contributed by atoms with Gasteiger partial charge in [0.05, 0.1) is 30.5 Å². The Balaban J connectivity index is 1.54. The maximum atomic E-state index is 10.1. The lowest BCUT2D eigenvalue weighted by atomic mass is 9.91. The highest BCUT2D eigenvalue weighted by Gasteiger charge is 2.43. The molecule has 27 heavy (non-hydrogen) atoms. The molecule has 3 fully saturated rings. The normalized spacial score (nSPS) is 51.9. The molecule has 1 N–H and O–H groups in total. The van der Waals surface area contributed by atoms with Crippen molar-refractivity contribution in [1.29, 1.82) is 0 Å². The first-order valence-corrected chi connectivity index (χ1v) is 15.1. The standard InChI is InChI=1S/C18H26Br6O3/c19-10-2-1-3-11(20)17(10)26-9-6-14(23)18(15(24)7-9)27-8-4-12(21)16(25)13(22)5-8/h8-18,25H,1-7H2. The van der Waals surface area contributed by atoms with E-state index >= 15 is 0 Å². The number of halogens is 6. The molecule has 0 aromatic rings. The summed E-state index contributed by atoms with van der Waals surface area (Å²) >= 11 is 22.5. The molecule has 9 heteroatoms. The minimum atomic E-state index is -0.363. The highest BCUT2D eigenvalue weighted by molar-refractivity contribution is 9.10. The molecule has 3 saturated carbocycles. The zero-order valence-electron chi connectivity index (χ0n) is 14.8. The van der Waals surface area contributed by atoms with Crippen LogP contribution in [0.3, 0.4) is 0 Å². The predicted molar refractivity (Wildman–Crippen MR) is 132 cm³/mol. The van der Waals surface area contributed by atoms with E-state index in [1.54, 1.807) is 0 Å². The fraction of sp³-hybridized carbons (Fsp3) is 1.00. The molecule has 0 saturated heterocycles. The molecule has 0 aromatic heterocycles. The lowest BCUT2D eigenvalue weighted by Gasteiger charge is -2.43. The van der Waals surface area contributed by atoms with Crippen molar-refractivity contribution < 1.29 is 14.6 Å². The molecule has 158 valence electrons. The quantitative estimate of drug-likeness (QED) is 0.346. The van der Waals surface area contributed by atoms with Crippen LogP contribution in [0.1, 0.15) is 44.9 Å². The van der Waals surface area contributed by atoms with Gasteiger partial charge in [-0.05, 0) is 38.5 Å². The SMILES string of the molecule is OC1C(Br)CC(OC2C(Br)CC(OC3C(Br)CCCC3Br)CC2Br)CC1Br. The van der Waals surface area contributed by atoms with Gasteiger partial charge in [0.25, 0.3) is 0 Å². The van der Waals surface area contributed by atoms with E-state index in [4.69, 9.17) is 9.47 Å². The number of hydrogen-bond donors (Lipinski definition) is 1. The molecule has 3 aliphatic carbocycles. The Labute approximate surface area is 212 Å². The van der Waals surface area contributed by atoms with Crippen molar-refractivity contribution in [1.82, 2.24) is 0 Å². The fourth-order valence-corrected chi connectivity index (χ4v) is 10.5. The summed E-state index contributed by atoms with van der Waals surface area (Å²) < 4.78 is 13.0. The molecular weight excluding hydrogens is 744 g/mol. The van der Waals surface area contributed by atoms with Crippen molar-refractivity contribution in [3.63, 3.8) is 0 Å². The molecule has 0 radical (unpaired) electrons. The van der Waals surface area contributed by atoms with Gasteiger partial charge in [-0.25, -0.2) is 0 Å². The number of ether oxygens (including phenoxy) is 2. The third kappa shape index (κ3) is 6.39. The Morgan fingerprint density at radius 2 is 0.926 bits per heavy atom. The Morgan fingerprint density at radius 1 is 0.556 bits per heavy atom. The Bertz CT molecular complexity index is 452. The van der Waals surface area contributed by atoms with Crippen LogP contribution in [-0.4, -0.2) is 64.6 Å². The second-order valence-corrected chi connectivity index (χ2v) is 15.0. The van der Waals surface area contributed by atoms with Gasteiger partial charge < -0.3 is 14.6 Å². The lowest BCUT2D eigenvalue weighted by molar-refractivity contribution is -0.0842. The van der Waals surface area contributed by atoms with Crippen LogP contribution in [0.25, 0.3) is 0 Å². The maximum absolute atomic E-state index is 10.1. The van der Waals surface area contributed by atoms with Crippen LogP contribution in [0.2, 0.25) is 0 Å². The smallest absolute Gasteiger partial charge is 0.0830 e. The maximum Gasteiger partial charge on any atom is 0.0830 e. The van der Waals surface area contributed by atoms with E-state index in [-0.39, 0.29) is 49.8 Å². The van der Waals surface area contributed by atoms with Crippen LogP contribution in [0.5, 0.6) is 0 Å². The highest BCUT2D eigenvalue weighted by atomic mass is 79.9. The molecule has 0 bridgehead atoms. The van der Waals surface area contributed by atoms with E-state index in [1.807, 2.05) is 0 Å². The van der Waals surface area contributed by atoms with Crippen LogP contribution >= 0.6 is 95.6 Å². The molecule has 3 aliphatic rings. The molecule has 6 unspecified atom stereocenters. The summed E-state index contributed by atoms with van der Waals surface area (Å²) in [7, 11) is 0. The Kier molecular flexibility index (Phi) is 10.00. The van der Waals surface area contributed by atoms with Gasteiger partial charge in [0.1, 0.15) is 0 Å². The van der Waals surface area contributed by atoms with E-state index in [0.717, 1.165) is 25.7 Å². The van der Waals surface area contributed by atoms with Crippen LogP contribution in [0.4, 0.5) is 0 Å². The minimum Gasteiger partial charge on any atom is -0.391 e. The van der Waals surface area contributed by atoms with Gasteiger partial charge in [-0.1, -0.05) is 102 Å². The van der Waals surface area contributed by atoms with Gasteiger partial charge in [0, 0.05) is 29.0 Å². The zero-order valence-corrected chi connectivity index (χ0v) is 24.3. The zero-order chi connectivity index (χ0) is 19.7. The second-order valence-electron chi connectivity index (χ2n) is 7.91. The second kappa shape index (κ2) is 11.1. The van der Waals surface area contributed by atoms with E-state index < -0.39 is 0 Å². The summed E-state index contributed by atoms with van der Waals surface area (Å²) in [6, 6.07) is 0. The molecule has 6 atom stereocenters. The average molecular weight is 770 g/mol. The third-order valence-electron chi connectivity index (χ3n) is 5.78. The predicted octanol–water partition coefficient (Wildman–Crippen LogP) is 6.21. The van der Waals surface area contributed by atoms with Gasteiger partial charge in [-0.3, -0.25) is 0 Å². The van der Waals surface area contributed by atoms with Gasteiger partial charge in [0.15, 0.2) is 0 Å². The summed E-state index contributed by atoms with van der Waals surface area (Å²) in [5, 5.41) is 10.1. The van der Waals surface area contributed by atoms with Crippen molar-refractivity contribution in [3.05, 3.63) is 0 Å². The molecule has 0 spiro atoms. The van der Waals surface area contributed by atoms with E-state index in [1.165, 1.54) is 19.3 Å². The van der Waals surface area contributed by atoms with Crippen LogP contribution in [0.15, 0.2) is 0 Å². The lowest BCUT2D eigenvalue weighted by Crippen LogP contribution is -2.50.